The Morgan fingerprint density at radius 2 is 0.771 bits per heavy atom. The number of alkyl halides is 10. The molecule has 2 atom stereocenters. The Labute approximate surface area is 201 Å². The van der Waals surface area contributed by atoms with E-state index in [4.69, 9.17) is 4.94 Å². The van der Waals surface area contributed by atoms with E-state index in [9.17, 15) is 35.1 Å². The quantitative estimate of drug-likeness (QED) is 0.127. The SMILES string of the molecule is CC(C)C(CCF)(C(C)C)N(ON(C(F)C(F)(F)F)C(CCF)(C(C)C)C(C)C)C(F)C(F)(F)F. The van der Waals surface area contributed by atoms with Crippen molar-refractivity contribution in [1.82, 2.24) is 10.1 Å². The second kappa shape index (κ2) is 12.6. The lowest BCUT2D eigenvalue weighted by Crippen LogP contribution is -2.69. The fraction of sp³-hybridized carbons (Fsp3) is 1.00. The summed E-state index contributed by atoms with van der Waals surface area (Å²) in [5.74, 6) is -3.95. The molecule has 0 aromatic carbocycles. The molecule has 0 aliphatic heterocycles. The Balaban J connectivity index is 7.41. The molecule has 0 aromatic heterocycles. The molecule has 0 aliphatic carbocycles. The van der Waals surface area contributed by atoms with Crippen LogP contribution in [0.3, 0.4) is 0 Å². The van der Waals surface area contributed by atoms with Gasteiger partial charge in [0.25, 0.3) is 12.6 Å². The summed E-state index contributed by atoms with van der Waals surface area (Å²) in [7, 11) is 0. The third-order valence-electron chi connectivity index (χ3n) is 6.94. The molecule has 0 fully saturated rings. The molecule has 13 heteroatoms. The first-order chi connectivity index (χ1) is 15.7. The molecule has 3 nitrogen and oxygen atoms in total. The molecule has 0 heterocycles. The molecule has 0 amide bonds. The summed E-state index contributed by atoms with van der Waals surface area (Å²) in [6.45, 7) is 8.11. The summed E-state index contributed by atoms with van der Waals surface area (Å²) in [6, 6.07) is 0. The molecule has 212 valence electrons. The standard InChI is InChI=1S/C22H38F10N2O/c1-13(2)19(9-11-23,14(3)4)33(17(25)21(27,28)29)35-34(18(26)22(30,31)32)20(10-12-24,15(5)6)16(7)8/h13-18H,9-12H2,1-8H3. The topological polar surface area (TPSA) is 15.7 Å². The molecule has 0 rings (SSSR count). The monoisotopic (exact) mass is 536 g/mol. The first kappa shape index (κ1) is 34.2. The van der Waals surface area contributed by atoms with Crippen LogP contribution in [0.1, 0.15) is 68.2 Å². The molecule has 0 radical (unpaired) electrons. The van der Waals surface area contributed by atoms with Gasteiger partial charge in [0, 0.05) is 0 Å². The minimum Gasteiger partial charge on any atom is -0.251 e. The Kier molecular flexibility index (Phi) is 12.3. The number of hydroxylamine groups is 4. The lowest BCUT2D eigenvalue weighted by molar-refractivity contribution is -0.486. The Hall–Kier alpha value is -0.820. The highest BCUT2D eigenvalue weighted by atomic mass is 19.4. The van der Waals surface area contributed by atoms with Crippen LogP contribution in [0.2, 0.25) is 0 Å². The van der Waals surface area contributed by atoms with Crippen LogP contribution in [0, 0.1) is 23.7 Å². The Morgan fingerprint density at radius 1 is 0.543 bits per heavy atom. The van der Waals surface area contributed by atoms with E-state index >= 15 is 8.78 Å². The first-order valence-electron chi connectivity index (χ1n) is 11.5. The van der Waals surface area contributed by atoms with Crippen LogP contribution in [-0.4, -0.2) is 59.5 Å². The third-order valence-corrected chi connectivity index (χ3v) is 6.94. The van der Waals surface area contributed by atoms with Gasteiger partial charge in [0.15, 0.2) is 0 Å². The van der Waals surface area contributed by atoms with Gasteiger partial charge in [-0.3, -0.25) is 8.78 Å². The van der Waals surface area contributed by atoms with Crippen LogP contribution in [-0.2, 0) is 4.94 Å². The largest absolute Gasteiger partial charge is 0.435 e. The van der Waals surface area contributed by atoms with Crippen molar-refractivity contribution in [3.63, 3.8) is 0 Å². The summed E-state index contributed by atoms with van der Waals surface area (Å²) in [4.78, 5) is 5.05. The van der Waals surface area contributed by atoms with Gasteiger partial charge in [-0.05, 0) is 36.5 Å². The lowest BCUT2D eigenvalue weighted by atomic mass is 9.73. The third kappa shape index (κ3) is 7.15. The highest BCUT2D eigenvalue weighted by molar-refractivity contribution is 4.98. The van der Waals surface area contributed by atoms with Gasteiger partial charge in [0.1, 0.15) is 0 Å². The molecule has 0 N–H and O–H groups in total. The Bertz CT molecular complexity index is 554. The second-order valence-electron chi connectivity index (χ2n) is 9.97. The zero-order chi connectivity index (χ0) is 28.2. The molecule has 2 unspecified atom stereocenters. The van der Waals surface area contributed by atoms with Crippen molar-refractivity contribution in [3.8, 4) is 0 Å². The van der Waals surface area contributed by atoms with Crippen molar-refractivity contribution in [3.05, 3.63) is 0 Å². The molecular formula is C22H38F10N2O. The van der Waals surface area contributed by atoms with E-state index in [0.717, 1.165) is 0 Å². The molecule has 0 bridgehead atoms. The van der Waals surface area contributed by atoms with E-state index in [2.05, 4.69) is 0 Å². The molecule has 0 aliphatic rings. The van der Waals surface area contributed by atoms with E-state index in [1.165, 1.54) is 55.4 Å². The highest BCUT2D eigenvalue weighted by Gasteiger charge is 2.61. The maximum atomic E-state index is 15.1. The van der Waals surface area contributed by atoms with Gasteiger partial charge < -0.3 is 0 Å². The molecule has 0 saturated carbocycles. The van der Waals surface area contributed by atoms with Crippen molar-refractivity contribution in [2.45, 2.75) is 104 Å². The minimum atomic E-state index is -5.68. The van der Waals surface area contributed by atoms with Gasteiger partial charge in [0.05, 0.1) is 24.4 Å². The predicted molar refractivity (Wildman–Crippen MR) is 113 cm³/mol. The zero-order valence-electron chi connectivity index (χ0n) is 21.4. The minimum absolute atomic E-state index is 0.391. The van der Waals surface area contributed by atoms with Crippen LogP contribution < -0.4 is 0 Å². The lowest BCUT2D eigenvalue weighted by Gasteiger charge is -2.55. The van der Waals surface area contributed by atoms with E-state index < -0.39 is 96.0 Å². The summed E-state index contributed by atoms with van der Waals surface area (Å²) in [6.07, 6.45) is -20.9. The second-order valence-corrected chi connectivity index (χ2v) is 9.97. The van der Waals surface area contributed by atoms with Crippen LogP contribution in [0.4, 0.5) is 43.9 Å². The summed E-state index contributed by atoms with van der Waals surface area (Å²) in [5, 5.41) is -0.782. The molecule has 0 saturated heterocycles. The van der Waals surface area contributed by atoms with Crippen molar-refractivity contribution >= 4 is 0 Å². The fourth-order valence-electron chi connectivity index (χ4n) is 5.05. The fourth-order valence-corrected chi connectivity index (χ4v) is 5.05. The molecule has 0 aromatic rings. The van der Waals surface area contributed by atoms with Crippen molar-refractivity contribution in [2.75, 3.05) is 13.3 Å². The first-order valence-corrected chi connectivity index (χ1v) is 11.5. The van der Waals surface area contributed by atoms with Crippen LogP contribution in [0.25, 0.3) is 0 Å². The average Bonchev–Trinajstić information content (AvgIpc) is 2.68. The van der Waals surface area contributed by atoms with Crippen molar-refractivity contribution < 1.29 is 48.8 Å². The van der Waals surface area contributed by atoms with Gasteiger partial charge in [-0.25, -0.2) is 13.7 Å². The highest BCUT2D eigenvalue weighted by Crippen LogP contribution is 2.47. The molecular weight excluding hydrogens is 498 g/mol. The predicted octanol–water partition coefficient (Wildman–Crippen LogP) is 7.97. The van der Waals surface area contributed by atoms with Crippen LogP contribution in [0.5, 0.6) is 0 Å². The van der Waals surface area contributed by atoms with Crippen molar-refractivity contribution in [2.24, 2.45) is 23.7 Å². The maximum Gasteiger partial charge on any atom is 0.435 e. The normalized spacial score (nSPS) is 16.5. The average molecular weight is 537 g/mol. The van der Waals surface area contributed by atoms with Crippen LogP contribution in [0.15, 0.2) is 0 Å². The number of rotatable bonds is 14. The van der Waals surface area contributed by atoms with Gasteiger partial charge in [-0.15, -0.1) is 10.1 Å². The van der Waals surface area contributed by atoms with Gasteiger partial charge in [-0.1, -0.05) is 55.4 Å². The number of nitrogens with zero attached hydrogens (tertiary/aromatic N) is 2. The van der Waals surface area contributed by atoms with E-state index in [1.807, 2.05) is 0 Å². The van der Waals surface area contributed by atoms with Gasteiger partial charge in [0.2, 0.25) is 0 Å². The summed E-state index contributed by atoms with van der Waals surface area (Å²) in [5.41, 5.74) is -4.30. The Morgan fingerprint density at radius 3 is 0.914 bits per heavy atom. The van der Waals surface area contributed by atoms with Crippen LogP contribution >= 0.6 is 0 Å². The summed E-state index contributed by atoms with van der Waals surface area (Å²) < 4.78 is 139. The van der Waals surface area contributed by atoms with E-state index in [-0.39, 0.29) is 0 Å². The van der Waals surface area contributed by atoms with Gasteiger partial charge >= 0.3 is 12.4 Å². The maximum absolute atomic E-state index is 15.1. The number of hydrogen-bond donors (Lipinski definition) is 0. The summed E-state index contributed by atoms with van der Waals surface area (Å²) >= 11 is 0. The number of hydrogen-bond acceptors (Lipinski definition) is 3. The molecule has 35 heavy (non-hydrogen) atoms. The van der Waals surface area contributed by atoms with E-state index in [0.29, 0.717) is 0 Å². The number of halogens is 10. The zero-order valence-corrected chi connectivity index (χ0v) is 21.4. The van der Waals surface area contributed by atoms with Gasteiger partial charge in [-0.2, -0.15) is 26.3 Å². The van der Waals surface area contributed by atoms with Crippen molar-refractivity contribution in [1.29, 1.82) is 0 Å². The van der Waals surface area contributed by atoms with E-state index in [1.54, 1.807) is 0 Å². The molecule has 0 spiro atoms. The smallest absolute Gasteiger partial charge is 0.251 e.